The number of nitriles is 1. The molecule has 0 unspecified atom stereocenters. The maximum Gasteiger partial charge on any atom is 0.252 e. The average molecular weight is 313 g/mol. The lowest BCUT2D eigenvalue weighted by atomic mass is 10.3. The molecular formula is C12H10Cl2N4O2. The lowest BCUT2D eigenvalue weighted by molar-refractivity contribution is 0.0893. The molecule has 104 valence electrons. The quantitative estimate of drug-likeness (QED) is 0.911. The van der Waals surface area contributed by atoms with E-state index >= 15 is 0 Å². The van der Waals surface area contributed by atoms with Crippen molar-refractivity contribution < 1.29 is 9.84 Å². The molecule has 2 aromatic rings. The molecule has 20 heavy (non-hydrogen) atoms. The molecule has 0 aliphatic heterocycles. The summed E-state index contributed by atoms with van der Waals surface area (Å²) in [5.41, 5.74) is 0. The number of aromatic nitrogens is 3. The highest BCUT2D eigenvalue weighted by Crippen LogP contribution is 2.27. The van der Waals surface area contributed by atoms with E-state index in [1.54, 1.807) is 24.3 Å². The van der Waals surface area contributed by atoms with Gasteiger partial charge in [-0.25, -0.2) is 9.67 Å². The second kappa shape index (κ2) is 6.57. The number of aliphatic hydroxyl groups is 1. The molecule has 0 fully saturated rings. The van der Waals surface area contributed by atoms with Crippen molar-refractivity contribution in [2.75, 3.05) is 6.61 Å². The van der Waals surface area contributed by atoms with Crippen LogP contribution in [0.3, 0.4) is 0 Å². The summed E-state index contributed by atoms with van der Waals surface area (Å²) >= 11 is 11.8. The van der Waals surface area contributed by atoms with Crippen LogP contribution in [0.2, 0.25) is 10.0 Å². The molecule has 0 amide bonds. The molecule has 0 saturated heterocycles. The van der Waals surface area contributed by atoms with Crippen molar-refractivity contribution in [2.24, 2.45) is 0 Å². The minimum absolute atomic E-state index is 0.0157. The van der Waals surface area contributed by atoms with Gasteiger partial charge >= 0.3 is 0 Å². The van der Waals surface area contributed by atoms with Gasteiger partial charge in [-0.3, -0.25) is 0 Å². The summed E-state index contributed by atoms with van der Waals surface area (Å²) in [6.45, 7) is 0.175. The fourth-order valence-electron chi connectivity index (χ4n) is 1.48. The van der Waals surface area contributed by atoms with E-state index in [9.17, 15) is 5.11 Å². The van der Waals surface area contributed by atoms with E-state index in [1.165, 1.54) is 11.0 Å². The van der Waals surface area contributed by atoms with Gasteiger partial charge in [0.05, 0.1) is 11.6 Å². The van der Waals surface area contributed by atoms with Crippen LogP contribution >= 0.6 is 23.2 Å². The van der Waals surface area contributed by atoms with E-state index in [1.807, 2.05) is 0 Å². The summed E-state index contributed by atoms with van der Waals surface area (Å²) in [6, 6.07) is 6.63. The molecule has 0 spiro atoms. The number of aliphatic hydroxyl groups excluding tert-OH is 1. The summed E-state index contributed by atoms with van der Waals surface area (Å²) in [6.07, 6.45) is 0.548. The van der Waals surface area contributed by atoms with E-state index in [2.05, 4.69) is 10.1 Å². The number of rotatable bonds is 5. The first-order valence-corrected chi connectivity index (χ1v) is 6.39. The highest BCUT2D eigenvalue weighted by atomic mass is 35.5. The second-order valence-electron chi connectivity index (χ2n) is 3.94. The molecule has 1 aromatic carbocycles. The zero-order valence-corrected chi connectivity index (χ0v) is 11.7. The maximum atomic E-state index is 9.83. The molecule has 0 aliphatic carbocycles. The van der Waals surface area contributed by atoms with Crippen LogP contribution in [0.15, 0.2) is 24.5 Å². The van der Waals surface area contributed by atoms with Crippen LogP contribution in [0, 0.1) is 11.3 Å². The van der Waals surface area contributed by atoms with E-state index in [0.29, 0.717) is 15.8 Å². The Morgan fingerprint density at radius 2 is 2.25 bits per heavy atom. The standard InChI is InChI=1S/C12H10Cl2N4O2/c13-8-1-2-10(14)11(3-8)20-6-9(19)5-18-7-16-12(4-15)17-18/h1-3,7,9,19H,5-6H2/t9-/m1/s1. The Morgan fingerprint density at radius 3 is 2.95 bits per heavy atom. The highest BCUT2D eigenvalue weighted by Gasteiger charge is 2.10. The average Bonchev–Trinajstić information content (AvgIpc) is 2.87. The van der Waals surface area contributed by atoms with Crippen molar-refractivity contribution in [3.63, 3.8) is 0 Å². The van der Waals surface area contributed by atoms with Gasteiger partial charge in [-0.2, -0.15) is 5.26 Å². The van der Waals surface area contributed by atoms with Gasteiger partial charge < -0.3 is 9.84 Å². The molecule has 1 aromatic heterocycles. The first-order chi connectivity index (χ1) is 9.58. The number of hydrogen-bond acceptors (Lipinski definition) is 5. The summed E-state index contributed by atoms with van der Waals surface area (Å²) in [7, 11) is 0. The van der Waals surface area contributed by atoms with Gasteiger partial charge in [-0.05, 0) is 12.1 Å². The summed E-state index contributed by atoms with van der Waals surface area (Å²) in [5.74, 6) is 0.450. The molecule has 0 bridgehead atoms. The van der Waals surface area contributed by atoms with Crippen LogP contribution in [0.4, 0.5) is 0 Å². The molecule has 0 saturated carbocycles. The third-order valence-electron chi connectivity index (χ3n) is 2.36. The van der Waals surface area contributed by atoms with Gasteiger partial charge in [0.2, 0.25) is 0 Å². The van der Waals surface area contributed by atoms with Crippen molar-refractivity contribution in [2.45, 2.75) is 12.6 Å². The summed E-state index contributed by atoms with van der Waals surface area (Å²) < 4.78 is 6.76. The molecule has 0 radical (unpaired) electrons. The molecule has 1 heterocycles. The van der Waals surface area contributed by atoms with Crippen LogP contribution in [0.25, 0.3) is 0 Å². The predicted octanol–water partition coefficient (Wildman–Crippen LogP) is 1.90. The van der Waals surface area contributed by atoms with E-state index in [4.69, 9.17) is 33.2 Å². The summed E-state index contributed by atoms with van der Waals surface area (Å²) in [4.78, 5) is 3.73. The molecule has 1 atom stereocenters. The molecule has 6 nitrogen and oxygen atoms in total. The van der Waals surface area contributed by atoms with Gasteiger partial charge in [-0.15, -0.1) is 5.10 Å². The Kier molecular flexibility index (Phi) is 4.79. The minimum Gasteiger partial charge on any atom is -0.489 e. The lowest BCUT2D eigenvalue weighted by Crippen LogP contribution is -2.24. The van der Waals surface area contributed by atoms with Crippen LogP contribution in [0.1, 0.15) is 5.82 Å². The maximum absolute atomic E-state index is 9.83. The van der Waals surface area contributed by atoms with Crippen molar-refractivity contribution >= 4 is 23.2 Å². The van der Waals surface area contributed by atoms with Crippen molar-refractivity contribution in [1.82, 2.24) is 14.8 Å². The fraction of sp³-hybridized carbons (Fsp3) is 0.250. The first kappa shape index (κ1) is 14.6. The molecule has 0 aliphatic rings. The third-order valence-corrected chi connectivity index (χ3v) is 2.91. The minimum atomic E-state index is -0.821. The zero-order valence-electron chi connectivity index (χ0n) is 10.2. The Balaban J connectivity index is 1.90. The predicted molar refractivity (Wildman–Crippen MR) is 72.7 cm³/mol. The zero-order chi connectivity index (χ0) is 14.5. The number of hydrogen-bond donors (Lipinski definition) is 1. The van der Waals surface area contributed by atoms with Crippen molar-refractivity contribution in [3.05, 3.63) is 40.4 Å². The summed E-state index contributed by atoms with van der Waals surface area (Å²) in [5, 5.41) is 23.2. The Morgan fingerprint density at radius 1 is 1.45 bits per heavy atom. The number of ether oxygens (including phenoxy) is 1. The van der Waals surface area contributed by atoms with Crippen molar-refractivity contribution in [1.29, 1.82) is 5.26 Å². The normalized spacial score (nSPS) is 11.9. The monoisotopic (exact) mass is 312 g/mol. The lowest BCUT2D eigenvalue weighted by Gasteiger charge is -2.13. The van der Waals surface area contributed by atoms with Gasteiger partial charge in [-0.1, -0.05) is 23.2 Å². The fourth-order valence-corrected chi connectivity index (χ4v) is 1.81. The van der Waals surface area contributed by atoms with Gasteiger partial charge in [0, 0.05) is 11.1 Å². The van der Waals surface area contributed by atoms with Gasteiger partial charge in [0.15, 0.2) is 0 Å². The Bertz CT molecular complexity index is 639. The first-order valence-electron chi connectivity index (χ1n) is 5.64. The van der Waals surface area contributed by atoms with Gasteiger partial charge in [0.25, 0.3) is 5.82 Å². The molecule has 1 N–H and O–H groups in total. The van der Waals surface area contributed by atoms with Gasteiger partial charge in [0.1, 0.15) is 30.9 Å². The van der Waals surface area contributed by atoms with Crippen LogP contribution in [0.5, 0.6) is 5.75 Å². The number of nitrogens with zero attached hydrogens (tertiary/aromatic N) is 4. The van der Waals surface area contributed by atoms with E-state index in [-0.39, 0.29) is 19.0 Å². The Labute approximate surface area is 125 Å². The largest absolute Gasteiger partial charge is 0.489 e. The van der Waals surface area contributed by atoms with E-state index in [0.717, 1.165) is 0 Å². The smallest absolute Gasteiger partial charge is 0.252 e. The van der Waals surface area contributed by atoms with E-state index < -0.39 is 6.10 Å². The van der Waals surface area contributed by atoms with Crippen LogP contribution < -0.4 is 4.74 Å². The van der Waals surface area contributed by atoms with Crippen LogP contribution in [-0.2, 0) is 6.54 Å². The number of halogens is 2. The highest BCUT2D eigenvalue weighted by molar-refractivity contribution is 6.34. The van der Waals surface area contributed by atoms with Crippen molar-refractivity contribution in [3.8, 4) is 11.8 Å². The molecule has 2 rings (SSSR count). The Hall–Kier alpha value is -1.81. The molecular weight excluding hydrogens is 303 g/mol. The van der Waals surface area contributed by atoms with Crippen LogP contribution in [-0.4, -0.2) is 32.6 Å². The SMILES string of the molecule is N#Cc1ncn(C[C@@H](O)COc2cc(Cl)ccc2Cl)n1. The topological polar surface area (TPSA) is 84.0 Å². The second-order valence-corrected chi connectivity index (χ2v) is 4.79. The molecule has 8 heteroatoms. The number of benzene rings is 1. The third kappa shape index (κ3) is 3.84.